The molecule has 0 saturated carbocycles. The van der Waals surface area contributed by atoms with Crippen molar-refractivity contribution in [3.63, 3.8) is 0 Å². The molecule has 1 unspecified atom stereocenters. The van der Waals surface area contributed by atoms with E-state index in [4.69, 9.17) is 4.74 Å². The van der Waals surface area contributed by atoms with Crippen LogP contribution in [0.5, 0.6) is 0 Å². The number of ether oxygens (including phenoxy) is 1. The lowest BCUT2D eigenvalue weighted by molar-refractivity contribution is -0.480. The second kappa shape index (κ2) is 19.6. The van der Waals surface area contributed by atoms with Gasteiger partial charge in [-0.05, 0) is 25.8 Å². The molecule has 6 nitrogen and oxygen atoms in total. The summed E-state index contributed by atoms with van der Waals surface area (Å²) < 4.78 is 5.51. The second-order valence-electron chi connectivity index (χ2n) is 6.88. The second-order valence-corrected chi connectivity index (χ2v) is 6.88. The van der Waals surface area contributed by atoms with Gasteiger partial charge < -0.3 is 15.2 Å². The van der Waals surface area contributed by atoms with Crippen molar-refractivity contribution >= 4 is 0 Å². The van der Waals surface area contributed by atoms with Crippen LogP contribution in [-0.2, 0) is 4.74 Å². The molecule has 0 saturated heterocycles. The van der Waals surface area contributed by atoms with Gasteiger partial charge in [-0.15, -0.1) is 0 Å². The molecule has 0 rings (SSSR count). The van der Waals surface area contributed by atoms with E-state index in [-0.39, 0.29) is 11.5 Å². The molecular formula is C19H40N2O4. The van der Waals surface area contributed by atoms with Crippen molar-refractivity contribution in [2.24, 2.45) is 0 Å². The summed E-state index contributed by atoms with van der Waals surface area (Å²) in [6.07, 6.45) is 13.2. The maximum atomic E-state index is 10.2. The molecule has 1 atom stereocenters. The SMILES string of the molecule is CCCCCCCCOCC(O)CNCCCCCCCC[N+](=O)[O-]. The van der Waals surface area contributed by atoms with Crippen LogP contribution >= 0.6 is 0 Å². The first-order chi connectivity index (χ1) is 12.2. The highest BCUT2D eigenvalue weighted by Crippen LogP contribution is 2.06. The maximum Gasteiger partial charge on any atom is 0.203 e. The number of nitrogens with one attached hydrogen (secondary N) is 1. The van der Waals surface area contributed by atoms with E-state index < -0.39 is 6.10 Å². The number of hydrogen-bond acceptors (Lipinski definition) is 5. The van der Waals surface area contributed by atoms with Gasteiger partial charge in [-0.2, -0.15) is 0 Å². The number of aliphatic hydroxyl groups is 1. The van der Waals surface area contributed by atoms with Crippen LogP contribution in [0.25, 0.3) is 0 Å². The van der Waals surface area contributed by atoms with E-state index in [9.17, 15) is 15.2 Å². The first kappa shape index (κ1) is 24.3. The van der Waals surface area contributed by atoms with Gasteiger partial charge in [-0.1, -0.05) is 58.3 Å². The number of unbranched alkanes of at least 4 members (excludes halogenated alkanes) is 10. The third kappa shape index (κ3) is 21.2. The summed E-state index contributed by atoms with van der Waals surface area (Å²) in [5.41, 5.74) is 0. The smallest absolute Gasteiger partial charge is 0.203 e. The Morgan fingerprint density at radius 3 is 2.24 bits per heavy atom. The molecule has 0 aliphatic rings. The molecule has 2 N–H and O–H groups in total. The topological polar surface area (TPSA) is 84.6 Å². The minimum absolute atomic E-state index is 0.0976. The quantitative estimate of drug-likeness (QED) is 0.195. The fourth-order valence-corrected chi connectivity index (χ4v) is 2.73. The van der Waals surface area contributed by atoms with Crippen LogP contribution in [-0.4, -0.2) is 49.0 Å². The third-order valence-electron chi connectivity index (χ3n) is 4.28. The highest BCUT2D eigenvalue weighted by atomic mass is 16.6. The summed E-state index contributed by atoms with van der Waals surface area (Å²) in [5.74, 6) is 0. The summed E-state index contributed by atoms with van der Waals surface area (Å²) in [4.78, 5) is 9.93. The number of rotatable bonds is 20. The molecule has 0 heterocycles. The lowest BCUT2D eigenvalue weighted by Crippen LogP contribution is -2.31. The Kier molecular flexibility index (Phi) is 19.0. The summed E-state index contributed by atoms with van der Waals surface area (Å²) >= 11 is 0. The molecule has 0 spiro atoms. The highest BCUT2D eigenvalue weighted by Gasteiger charge is 2.03. The molecule has 0 aromatic heterocycles. The average Bonchev–Trinajstić information content (AvgIpc) is 2.58. The summed E-state index contributed by atoms with van der Waals surface area (Å²) in [6, 6.07) is 0. The van der Waals surface area contributed by atoms with E-state index in [2.05, 4.69) is 12.2 Å². The van der Waals surface area contributed by atoms with E-state index in [1.165, 1.54) is 32.1 Å². The normalized spacial score (nSPS) is 12.4. The van der Waals surface area contributed by atoms with E-state index in [1.54, 1.807) is 0 Å². The predicted octanol–water partition coefficient (Wildman–Crippen LogP) is 3.93. The number of nitro groups is 1. The third-order valence-corrected chi connectivity index (χ3v) is 4.28. The maximum absolute atomic E-state index is 10.2. The minimum atomic E-state index is -0.429. The zero-order valence-corrected chi connectivity index (χ0v) is 16.2. The lowest BCUT2D eigenvalue weighted by atomic mass is 10.1. The monoisotopic (exact) mass is 360 g/mol. The number of nitrogens with zero attached hydrogens (tertiary/aromatic N) is 1. The molecule has 0 aliphatic carbocycles. The Labute approximate surface area is 153 Å². The van der Waals surface area contributed by atoms with Crippen molar-refractivity contribution in [3.8, 4) is 0 Å². The lowest BCUT2D eigenvalue weighted by Gasteiger charge is -2.12. The minimum Gasteiger partial charge on any atom is -0.389 e. The largest absolute Gasteiger partial charge is 0.389 e. The van der Waals surface area contributed by atoms with Crippen molar-refractivity contribution in [1.82, 2.24) is 5.32 Å². The van der Waals surface area contributed by atoms with Crippen LogP contribution in [0.2, 0.25) is 0 Å². The fraction of sp³-hybridized carbons (Fsp3) is 1.00. The molecule has 0 bridgehead atoms. The first-order valence-corrected chi connectivity index (χ1v) is 10.2. The van der Waals surface area contributed by atoms with Gasteiger partial charge in [0.2, 0.25) is 6.54 Å². The van der Waals surface area contributed by atoms with Gasteiger partial charge in [0.15, 0.2) is 0 Å². The van der Waals surface area contributed by atoms with Gasteiger partial charge in [0, 0.05) is 24.5 Å². The van der Waals surface area contributed by atoms with E-state index in [0.29, 0.717) is 19.6 Å². The van der Waals surface area contributed by atoms with E-state index >= 15 is 0 Å². The van der Waals surface area contributed by atoms with Gasteiger partial charge in [-0.25, -0.2) is 0 Å². The molecule has 0 aliphatic heterocycles. The fourth-order valence-electron chi connectivity index (χ4n) is 2.73. The summed E-state index contributed by atoms with van der Waals surface area (Å²) in [5, 5.41) is 23.3. The first-order valence-electron chi connectivity index (χ1n) is 10.2. The van der Waals surface area contributed by atoms with Crippen LogP contribution in [0, 0.1) is 10.1 Å². The summed E-state index contributed by atoms with van der Waals surface area (Å²) in [7, 11) is 0. The number of hydrogen-bond donors (Lipinski definition) is 2. The van der Waals surface area contributed by atoms with Crippen LogP contribution in [0.15, 0.2) is 0 Å². The van der Waals surface area contributed by atoms with Crippen molar-refractivity contribution in [2.45, 2.75) is 90.1 Å². The Balaban J connectivity index is 3.15. The van der Waals surface area contributed by atoms with Gasteiger partial charge in [0.05, 0.1) is 12.7 Å². The predicted molar refractivity (Wildman–Crippen MR) is 103 cm³/mol. The average molecular weight is 361 g/mol. The molecule has 25 heavy (non-hydrogen) atoms. The van der Waals surface area contributed by atoms with Crippen molar-refractivity contribution in [2.75, 3.05) is 32.8 Å². The van der Waals surface area contributed by atoms with Crippen molar-refractivity contribution in [3.05, 3.63) is 10.1 Å². The van der Waals surface area contributed by atoms with Crippen LogP contribution in [0.4, 0.5) is 0 Å². The van der Waals surface area contributed by atoms with E-state index in [1.807, 2.05) is 0 Å². The number of aliphatic hydroxyl groups excluding tert-OH is 1. The van der Waals surface area contributed by atoms with Gasteiger partial charge in [0.1, 0.15) is 0 Å². The molecule has 0 aromatic carbocycles. The van der Waals surface area contributed by atoms with Gasteiger partial charge >= 0.3 is 0 Å². The molecule has 0 fully saturated rings. The Morgan fingerprint density at radius 2 is 1.56 bits per heavy atom. The van der Waals surface area contributed by atoms with Crippen molar-refractivity contribution < 1.29 is 14.8 Å². The molecule has 0 radical (unpaired) electrons. The molecular weight excluding hydrogens is 320 g/mol. The van der Waals surface area contributed by atoms with Crippen LogP contribution in [0.1, 0.15) is 84.0 Å². The molecule has 0 amide bonds. The van der Waals surface area contributed by atoms with Gasteiger partial charge in [0.25, 0.3) is 0 Å². The zero-order chi connectivity index (χ0) is 18.6. The van der Waals surface area contributed by atoms with Crippen molar-refractivity contribution in [1.29, 1.82) is 0 Å². The molecule has 0 aromatic rings. The molecule has 150 valence electrons. The Hall–Kier alpha value is -0.720. The van der Waals surface area contributed by atoms with E-state index in [0.717, 1.165) is 51.7 Å². The van der Waals surface area contributed by atoms with Gasteiger partial charge in [-0.3, -0.25) is 10.1 Å². The Bertz CT molecular complexity index is 291. The Morgan fingerprint density at radius 1 is 0.960 bits per heavy atom. The standard InChI is InChI=1S/C19H40N2O4/c1-2-3-4-5-10-13-16-25-18-19(22)17-20-14-11-8-6-7-9-12-15-21(23)24/h19-20,22H,2-18H2,1H3. The van der Waals surface area contributed by atoms with Crippen LogP contribution in [0.3, 0.4) is 0 Å². The zero-order valence-electron chi connectivity index (χ0n) is 16.2. The highest BCUT2D eigenvalue weighted by molar-refractivity contribution is 4.59. The molecule has 6 heteroatoms. The van der Waals surface area contributed by atoms with Crippen LogP contribution < -0.4 is 5.32 Å². The summed E-state index contributed by atoms with van der Waals surface area (Å²) in [6.45, 7) is 4.97.